The van der Waals surface area contributed by atoms with Gasteiger partial charge >= 0.3 is 0 Å². The van der Waals surface area contributed by atoms with E-state index in [2.05, 4.69) is 18.9 Å². The SMILES string of the molecule is CC(C)c1nn(C)c(N2CCCCO2)c1N. The lowest BCUT2D eigenvalue weighted by molar-refractivity contribution is 0.0749. The van der Waals surface area contributed by atoms with Crippen LogP contribution in [0.2, 0.25) is 0 Å². The van der Waals surface area contributed by atoms with Gasteiger partial charge in [-0.25, -0.2) is 9.75 Å². The van der Waals surface area contributed by atoms with Crippen LogP contribution in [0.1, 0.15) is 38.3 Å². The fourth-order valence-corrected chi connectivity index (χ4v) is 2.04. The summed E-state index contributed by atoms with van der Waals surface area (Å²) in [6, 6.07) is 0. The smallest absolute Gasteiger partial charge is 0.174 e. The fraction of sp³-hybridized carbons (Fsp3) is 0.727. The van der Waals surface area contributed by atoms with Gasteiger partial charge in [0.2, 0.25) is 0 Å². The maximum Gasteiger partial charge on any atom is 0.174 e. The Morgan fingerprint density at radius 3 is 2.62 bits per heavy atom. The Morgan fingerprint density at radius 2 is 2.12 bits per heavy atom. The molecule has 1 aliphatic heterocycles. The van der Waals surface area contributed by atoms with Crippen LogP contribution in [0.5, 0.6) is 0 Å². The number of hydrogen-bond donors (Lipinski definition) is 1. The van der Waals surface area contributed by atoms with E-state index in [1.165, 1.54) is 0 Å². The number of hydroxylamine groups is 1. The molecule has 90 valence electrons. The minimum absolute atomic E-state index is 0.338. The predicted molar refractivity (Wildman–Crippen MR) is 64.2 cm³/mol. The van der Waals surface area contributed by atoms with Crippen LogP contribution in [0.25, 0.3) is 0 Å². The first-order chi connectivity index (χ1) is 7.61. The van der Waals surface area contributed by atoms with E-state index in [0.717, 1.165) is 43.2 Å². The van der Waals surface area contributed by atoms with Crippen molar-refractivity contribution in [3.63, 3.8) is 0 Å². The van der Waals surface area contributed by atoms with Gasteiger partial charge < -0.3 is 5.73 Å². The number of rotatable bonds is 2. The maximum absolute atomic E-state index is 6.13. The van der Waals surface area contributed by atoms with Crippen LogP contribution < -0.4 is 10.8 Å². The number of nitrogens with zero attached hydrogens (tertiary/aromatic N) is 3. The lowest BCUT2D eigenvalue weighted by atomic mass is 10.1. The zero-order valence-electron chi connectivity index (χ0n) is 10.2. The van der Waals surface area contributed by atoms with Crippen LogP contribution in [-0.2, 0) is 11.9 Å². The Kier molecular flexibility index (Phi) is 3.05. The third-order valence-corrected chi connectivity index (χ3v) is 2.87. The highest BCUT2D eigenvalue weighted by Gasteiger charge is 2.22. The van der Waals surface area contributed by atoms with Crippen molar-refractivity contribution in [2.45, 2.75) is 32.6 Å². The summed E-state index contributed by atoms with van der Waals surface area (Å²) >= 11 is 0. The molecule has 0 bridgehead atoms. The van der Waals surface area contributed by atoms with Gasteiger partial charge in [0.15, 0.2) is 5.82 Å². The van der Waals surface area contributed by atoms with E-state index in [1.807, 2.05) is 16.8 Å². The van der Waals surface area contributed by atoms with Crippen LogP contribution in [0.4, 0.5) is 11.5 Å². The van der Waals surface area contributed by atoms with Crippen molar-refractivity contribution < 1.29 is 4.84 Å². The molecule has 0 saturated carbocycles. The summed E-state index contributed by atoms with van der Waals surface area (Å²) in [5.41, 5.74) is 7.83. The van der Waals surface area contributed by atoms with Gasteiger partial charge in [-0.2, -0.15) is 5.10 Å². The number of aryl methyl sites for hydroxylation is 1. The van der Waals surface area contributed by atoms with Gasteiger partial charge in [0.1, 0.15) is 5.69 Å². The first-order valence-corrected chi connectivity index (χ1v) is 5.84. The topological polar surface area (TPSA) is 56.3 Å². The maximum atomic E-state index is 6.13. The molecule has 2 heterocycles. The standard InChI is InChI=1S/C11H20N4O/c1-8(2)10-9(12)11(14(3)13-10)15-6-4-5-7-16-15/h8H,4-7,12H2,1-3H3. The van der Waals surface area contributed by atoms with E-state index in [4.69, 9.17) is 10.6 Å². The van der Waals surface area contributed by atoms with Gasteiger partial charge in [-0.05, 0) is 18.8 Å². The van der Waals surface area contributed by atoms with Gasteiger partial charge in [-0.1, -0.05) is 13.8 Å². The number of hydrogen-bond acceptors (Lipinski definition) is 4. The summed E-state index contributed by atoms with van der Waals surface area (Å²) < 4.78 is 1.82. The Bertz CT molecular complexity index is 366. The predicted octanol–water partition coefficient (Wildman–Crippen LogP) is 1.66. The third kappa shape index (κ3) is 1.87. The molecule has 1 aromatic rings. The highest BCUT2D eigenvalue weighted by Crippen LogP contribution is 2.31. The molecule has 5 nitrogen and oxygen atoms in total. The molecule has 1 saturated heterocycles. The van der Waals surface area contributed by atoms with Crippen molar-refractivity contribution in [2.24, 2.45) is 7.05 Å². The van der Waals surface area contributed by atoms with Crippen LogP contribution in [-0.4, -0.2) is 22.9 Å². The molecular formula is C11H20N4O. The Labute approximate surface area is 96.1 Å². The third-order valence-electron chi connectivity index (χ3n) is 2.87. The molecule has 0 unspecified atom stereocenters. The van der Waals surface area contributed by atoms with Crippen LogP contribution in [0.3, 0.4) is 0 Å². The van der Waals surface area contributed by atoms with Gasteiger partial charge in [-0.3, -0.25) is 4.84 Å². The van der Waals surface area contributed by atoms with Crippen molar-refractivity contribution in [1.29, 1.82) is 0 Å². The second kappa shape index (κ2) is 4.33. The number of nitrogens with two attached hydrogens (primary N) is 1. The van der Waals surface area contributed by atoms with Gasteiger partial charge in [0, 0.05) is 13.6 Å². The van der Waals surface area contributed by atoms with Crippen LogP contribution in [0.15, 0.2) is 0 Å². The molecule has 0 aliphatic carbocycles. The Balaban J connectivity index is 2.32. The average molecular weight is 224 g/mol. The summed E-state index contributed by atoms with van der Waals surface area (Å²) in [6.07, 6.45) is 2.26. The second-order valence-electron chi connectivity index (χ2n) is 4.54. The van der Waals surface area contributed by atoms with Crippen molar-refractivity contribution in [3.05, 3.63) is 5.69 Å². The molecule has 1 aliphatic rings. The quantitative estimate of drug-likeness (QED) is 0.830. The lowest BCUT2D eigenvalue weighted by Crippen LogP contribution is -2.31. The molecule has 2 N–H and O–H groups in total. The number of anilines is 2. The fourth-order valence-electron chi connectivity index (χ4n) is 2.04. The molecule has 1 aromatic heterocycles. The normalized spacial score (nSPS) is 17.1. The lowest BCUT2D eigenvalue weighted by Gasteiger charge is -2.27. The van der Waals surface area contributed by atoms with Gasteiger partial charge in [0.05, 0.1) is 12.3 Å². The van der Waals surface area contributed by atoms with Crippen molar-refractivity contribution in [2.75, 3.05) is 23.9 Å². The van der Waals surface area contributed by atoms with E-state index in [-0.39, 0.29) is 0 Å². The zero-order chi connectivity index (χ0) is 11.7. The Morgan fingerprint density at radius 1 is 1.38 bits per heavy atom. The summed E-state index contributed by atoms with van der Waals surface area (Å²) in [5, 5.41) is 6.33. The van der Waals surface area contributed by atoms with Crippen molar-refractivity contribution in [1.82, 2.24) is 9.78 Å². The first kappa shape index (κ1) is 11.3. The molecular weight excluding hydrogens is 204 g/mol. The van der Waals surface area contributed by atoms with Crippen molar-refractivity contribution in [3.8, 4) is 0 Å². The monoisotopic (exact) mass is 224 g/mol. The molecule has 0 atom stereocenters. The molecule has 0 spiro atoms. The van der Waals surface area contributed by atoms with E-state index < -0.39 is 0 Å². The molecule has 5 heteroatoms. The van der Waals surface area contributed by atoms with Gasteiger partial charge in [-0.15, -0.1) is 0 Å². The minimum atomic E-state index is 0.338. The minimum Gasteiger partial charge on any atom is -0.394 e. The van der Waals surface area contributed by atoms with E-state index in [9.17, 15) is 0 Å². The highest BCUT2D eigenvalue weighted by molar-refractivity contribution is 5.66. The summed E-state index contributed by atoms with van der Waals surface area (Å²) in [5.74, 6) is 1.23. The van der Waals surface area contributed by atoms with Crippen LogP contribution in [0, 0.1) is 0 Å². The molecule has 0 radical (unpaired) electrons. The van der Waals surface area contributed by atoms with Crippen LogP contribution >= 0.6 is 0 Å². The molecule has 16 heavy (non-hydrogen) atoms. The molecule has 1 fully saturated rings. The largest absolute Gasteiger partial charge is 0.394 e. The summed E-state index contributed by atoms with van der Waals surface area (Å²) in [4.78, 5) is 5.61. The average Bonchev–Trinajstić information content (AvgIpc) is 2.56. The first-order valence-electron chi connectivity index (χ1n) is 5.84. The van der Waals surface area contributed by atoms with E-state index in [1.54, 1.807) is 0 Å². The second-order valence-corrected chi connectivity index (χ2v) is 4.54. The van der Waals surface area contributed by atoms with E-state index >= 15 is 0 Å². The van der Waals surface area contributed by atoms with E-state index in [0.29, 0.717) is 5.92 Å². The van der Waals surface area contributed by atoms with Gasteiger partial charge in [0.25, 0.3) is 0 Å². The highest BCUT2D eigenvalue weighted by atomic mass is 16.7. The van der Waals surface area contributed by atoms with Crippen molar-refractivity contribution >= 4 is 11.5 Å². The Hall–Kier alpha value is -1.23. The number of nitrogen functional groups attached to an aromatic ring is 1. The molecule has 0 amide bonds. The summed E-state index contributed by atoms with van der Waals surface area (Å²) in [7, 11) is 1.91. The number of aromatic nitrogens is 2. The molecule has 2 rings (SSSR count). The molecule has 0 aromatic carbocycles. The zero-order valence-corrected chi connectivity index (χ0v) is 10.2. The summed E-state index contributed by atoms with van der Waals surface area (Å²) in [6.45, 7) is 5.85.